The van der Waals surface area contributed by atoms with E-state index >= 15 is 0 Å². The predicted octanol–water partition coefficient (Wildman–Crippen LogP) is 4.64. The van der Waals surface area contributed by atoms with Gasteiger partial charge in [-0.1, -0.05) is 18.2 Å². The molecule has 0 N–H and O–H groups in total. The third-order valence-corrected chi connectivity index (χ3v) is 6.64. The van der Waals surface area contributed by atoms with Crippen LogP contribution in [0.25, 0.3) is 0 Å². The summed E-state index contributed by atoms with van der Waals surface area (Å²) in [5, 5.41) is 0. The molecule has 2 aromatic heterocycles. The number of fused-ring (bicyclic) bond motifs is 1. The van der Waals surface area contributed by atoms with Crippen LogP contribution in [0, 0.1) is 0 Å². The SMILES string of the molecule is c1ccc(CN(CCOc2ccc3c(c2)CCC3N2CCCC2)Cc2ccccn2)nc1. The molecule has 1 unspecified atom stereocenters. The first-order valence-corrected chi connectivity index (χ1v) is 11.9. The molecule has 1 saturated heterocycles. The lowest BCUT2D eigenvalue weighted by Crippen LogP contribution is -2.28. The number of benzene rings is 1. The molecular formula is C27H32N4O. The zero-order valence-electron chi connectivity index (χ0n) is 18.7. The van der Waals surface area contributed by atoms with E-state index in [1.54, 1.807) is 0 Å². The molecular weight excluding hydrogens is 396 g/mol. The first kappa shape index (κ1) is 21.1. The number of aromatic nitrogens is 2. The van der Waals surface area contributed by atoms with Crippen LogP contribution >= 0.6 is 0 Å². The van der Waals surface area contributed by atoms with Gasteiger partial charge >= 0.3 is 0 Å². The van der Waals surface area contributed by atoms with Gasteiger partial charge in [0.05, 0.1) is 11.4 Å². The van der Waals surface area contributed by atoms with Crippen LogP contribution in [0.3, 0.4) is 0 Å². The Morgan fingerprint density at radius 3 is 2.28 bits per heavy atom. The highest BCUT2D eigenvalue weighted by Crippen LogP contribution is 2.38. The van der Waals surface area contributed by atoms with E-state index in [9.17, 15) is 0 Å². The van der Waals surface area contributed by atoms with Crippen LogP contribution in [0.15, 0.2) is 67.0 Å². The third-order valence-electron chi connectivity index (χ3n) is 6.64. The van der Waals surface area contributed by atoms with E-state index < -0.39 is 0 Å². The van der Waals surface area contributed by atoms with Gasteiger partial charge in [-0.3, -0.25) is 19.8 Å². The van der Waals surface area contributed by atoms with Crippen LogP contribution in [0.1, 0.15) is 47.8 Å². The van der Waals surface area contributed by atoms with Gasteiger partial charge in [-0.05, 0) is 86.3 Å². The average molecular weight is 429 g/mol. The fourth-order valence-electron chi connectivity index (χ4n) is 5.04. The molecule has 0 spiro atoms. The second-order valence-corrected chi connectivity index (χ2v) is 8.86. The van der Waals surface area contributed by atoms with Gasteiger partial charge in [0, 0.05) is 38.1 Å². The van der Waals surface area contributed by atoms with Crippen molar-refractivity contribution in [3.63, 3.8) is 0 Å². The molecule has 5 heteroatoms. The molecule has 1 fully saturated rings. The van der Waals surface area contributed by atoms with E-state index in [-0.39, 0.29) is 0 Å². The van der Waals surface area contributed by atoms with Gasteiger partial charge in [0.2, 0.25) is 0 Å². The van der Waals surface area contributed by atoms with Crippen molar-refractivity contribution in [1.82, 2.24) is 19.8 Å². The summed E-state index contributed by atoms with van der Waals surface area (Å²) in [5.74, 6) is 0.987. The van der Waals surface area contributed by atoms with Gasteiger partial charge in [0.15, 0.2) is 0 Å². The van der Waals surface area contributed by atoms with Gasteiger partial charge in [0.25, 0.3) is 0 Å². The number of ether oxygens (including phenoxy) is 1. The summed E-state index contributed by atoms with van der Waals surface area (Å²) in [5.41, 5.74) is 5.12. The summed E-state index contributed by atoms with van der Waals surface area (Å²) < 4.78 is 6.20. The summed E-state index contributed by atoms with van der Waals surface area (Å²) in [6.07, 6.45) is 8.82. The van der Waals surface area contributed by atoms with Crippen LogP contribution in [0.2, 0.25) is 0 Å². The fraction of sp³-hybridized carbons (Fsp3) is 0.407. The number of likely N-dealkylation sites (tertiary alicyclic amines) is 1. The molecule has 32 heavy (non-hydrogen) atoms. The van der Waals surface area contributed by atoms with Gasteiger partial charge in [-0.2, -0.15) is 0 Å². The number of nitrogens with zero attached hydrogens (tertiary/aromatic N) is 4. The van der Waals surface area contributed by atoms with Crippen molar-refractivity contribution in [1.29, 1.82) is 0 Å². The second kappa shape index (κ2) is 10.2. The summed E-state index contributed by atoms with van der Waals surface area (Å²) in [6, 6.07) is 19.5. The van der Waals surface area contributed by atoms with Crippen molar-refractivity contribution >= 4 is 0 Å². The molecule has 0 radical (unpaired) electrons. The molecule has 0 bridgehead atoms. The molecule has 0 amide bonds. The first-order valence-electron chi connectivity index (χ1n) is 11.9. The lowest BCUT2D eigenvalue weighted by molar-refractivity contribution is 0.193. The number of hydrogen-bond donors (Lipinski definition) is 0. The number of rotatable bonds is 9. The van der Waals surface area contributed by atoms with E-state index in [2.05, 4.69) is 50.1 Å². The molecule has 1 aliphatic heterocycles. The Morgan fingerprint density at radius 2 is 1.62 bits per heavy atom. The molecule has 1 atom stereocenters. The van der Waals surface area contributed by atoms with E-state index in [4.69, 9.17) is 4.74 Å². The Hall–Kier alpha value is -2.76. The molecule has 1 aromatic carbocycles. The largest absolute Gasteiger partial charge is 0.492 e. The van der Waals surface area contributed by atoms with Crippen molar-refractivity contribution in [3.05, 3.63) is 89.5 Å². The second-order valence-electron chi connectivity index (χ2n) is 8.86. The maximum Gasteiger partial charge on any atom is 0.119 e. The van der Waals surface area contributed by atoms with Gasteiger partial charge < -0.3 is 4.74 Å². The summed E-state index contributed by atoms with van der Waals surface area (Å²) in [6.45, 7) is 5.54. The maximum atomic E-state index is 6.20. The zero-order valence-corrected chi connectivity index (χ0v) is 18.7. The predicted molar refractivity (Wildman–Crippen MR) is 126 cm³/mol. The van der Waals surface area contributed by atoms with Crippen LogP contribution in [-0.4, -0.2) is 46.0 Å². The van der Waals surface area contributed by atoms with Crippen molar-refractivity contribution in [2.24, 2.45) is 0 Å². The minimum atomic E-state index is 0.619. The fourth-order valence-corrected chi connectivity index (χ4v) is 5.04. The van der Waals surface area contributed by atoms with Crippen molar-refractivity contribution < 1.29 is 4.74 Å². The molecule has 2 aliphatic rings. The Bertz CT molecular complexity index is 948. The number of aryl methyl sites for hydroxylation is 1. The minimum absolute atomic E-state index is 0.619. The Morgan fingerprint density at radius 1 is 0.906 bits per heavy atom. The smallest absolute Gasteiger partial charge is 0.119 e. The highest BCUT2D eigenvalue weighted by Gasteiger charge is 2.29. The molecule has 5 rings (SSSR count). The van der Waals surface area contributed by atoms with Crippen LogP contribution < -0.4 is 4.74 Å². The van der Waals surface area contributed by atoms with E-state index in [0.29, 0.717) is 12.6 Å². The van der Waals surface area contributed by atoms with Gasteiger partial charge in [-0.15, -0.1) is 0 Å². The van der Waals surface area contributed by atoms with E-state index in [1.165, 1.54) is 49.9 Å². The molecule has 166 valence electrons. The lowest BCUT2D eigenvalue weighted by Gasteiger charge is -2.24. The van der Waals surface area contributed by atoms with Gasteiger partial charge in [0.1, 0.15) is 12.4 Å². The van der Waals surface area contributed by atoms with Crippen molar-refractivity contribution in [2.45, 2.75) is 44.8 Å². The highest BCUT2D eigenvalue weighted by molar-refractivity contribution is 5.40. The molecule has 0 saturated carbocycles. The molecule has 3 heterocycles. The number of pyridine rings is 2. The monoisotopic (exact) mass is 428 g/mol. The Kier molecular flexibility index (Phi) is 6.75. The standard InChI is InChI=1S/C27H32N4O/c1-3-13-28-23(7-1)20-30(21-24-8-2-4-14-29-24)17-18-32-25-10-11-26-22(19-25)9-12-27(26)31-15-5-6-16-31/h1-4,7-8,10-11,13-14,19,27H,5-6,9,12,15-18,20-21H2. The summed E-state index contributed by atoms with van der Waals surface area (Å²) in [4.78, 5) is 14.0. The topological polar surface area (TPSA) is 41.5 Å². The lowest BCUT2D eigenvalue weighted by atomic mass is 10.1. The minimum Gasteiger partial charge on any atom is -0.492 e. The van der Waals surface area contributed by atoms with Crippen LogP contribution in [0.4, 0.5) is 0 Å². The Labute approximate surface area is 191 Å². The van der Waals surface area contributed by atoms with Crippen molar-refractivity contribution in [3.8, 4) is 5.75 Å². The van der Waals surface area contributed by atoms with Crippen molar-refractivity contribution in [2.75, 3.05) is 26.2 Å². The van der Waals surface area contributed by atoms with Crippen LogP contribution in [0.5, 0.6) is 5.75 Å². The first-order chi connectivity index (χ1) is 15.8. The normalized spacial score (nSPS) is 18.2. The maximum absolute atomic E-state index is 6.20. The molecule has 3 aromatic rings. The van der Waals surface area contributed by atoms with E-state index in [0.717, 1.165) is 36.8 Å². The quantitative estimate of drug-likeness (QED) is 0.497. The third kappa shape index (κ3) is 5.17. The number of hydrogen-bond acceptors (Lipinski definition) is 5. The summed E-state index contributed by atoms with van der Waals surface area (Å²) >= 11 is 0. The zero-order chi connectivity index (χ0) is 21.6. The average Bonchev–Trinajstić information content (AvgIpc) is 3.50. The molecule has 5 nitrogen and oxygen atoms in total. The van der Waals surface area contributed by atoms with E-state index in [1.807, 2.05) is 36.7 Å². The summed E-state index contributed by atoms with van der Waals surface area (Å²) in [7, 11) is 0. The Balaban J connectivity index is 1.20. The van der Waals surface area contributed by atoms with Crippen LogP contribution in [-0.2, 0) is 19.5 Å². The highest BCUT2D eigenvalue weighted by atomic mass is 16.5. The van der Waals surface area contributed by atoms with Gasteiger partial charge in [-0.25, -0.2) is 0 Å². The molecule has 1 aliphatic carbocycles.